The van der Waals surface area contributed by atoms with Crippen molar-refractivity contribution in [2.45, 2.75) is 10.8 Å². The lowest BCUT2D eigenvalue weighted by atomic mass is 9.67. The van der Waals surface area contributed by atoms with Crippen molar-refractivity contribution < 1.29 is 8.83 Å². The highest BCUT2D eigenvalue weighted by Crippen LogP contribution is 2.62. The van der Waals surface area contributed by atoms with Crippen LogP contribution in [-0.4, -0.2) is 0 Å². The number of furan rings is 2. The van der Waals surface area contributed by atoms with Crippen molar-refractivity contribution in [1.29, 1.82) is 0 Å². The standard InChI is InChI=1S/2C67H45NO/c1-4-20-46(21-5-1)47-38-40-48(41-39-47)54-28-11-15-35-62(54)68(63-36-16-12-29-55(63)50-42-43-65-59(45-50)57-30-13-17-37-64(57)69-65)53-27-18-22-49(44-53)56-32-19-34-61-66(56)58-31-10-14-33-60(58)67(61,51-23-6-2-7-24-51)52-25-8-3-9-26-52;1-4-19-46(20-5-1)47-37-39-48(40-38-47)49-21-16-27-54(43-49)68(63-35-14-11-29-56(63)51-41-42-65-60(45-51)58-30-12-15-36-64(58)69-65)55-28-17-22-50(44-55)57-32-18-34-62-66(57)59-31-10-13-33-61(59)67(62,52-23-6-2-7-24-52)53-25-8-3-9-26-53/h2*1-45H. The van der Waals surface area contributed by atoms with E-state index >= 15 is 0 Å². The fraction of sp³-hybridized carbons (Fsp3) is 0.0149. The summed E-state index contributed by atoms with van der Waals surface area (Å²) in [7, 11) is 0. The van der Waals surface area contributed by atoms with E-state index in [1.807, 2.05) is 24.3 Å². The minimum Gasteiger partial charge on any atom is -0.456 e. The smallest absolute Gasteiger partial charge is 0.135 e. The van der Waals surface area contributed by atoms with E-state index in [0.717, 1.165) is 134 Å². The minimum absolute atomic E-state index is 0.492. The van der Waals surface area contributed by atoms with Crippen molar-refractivity contribution in [3.05, 3.63) is 590 Å². The summed E-state index contributed by atoms with van der Waals surface area (Å²) in [6.45, 7) is 0. The Morgan fingerprint density at radius 2 is 0.399 bits per heavy atom. The second-order valence-electron chi connectivity index (χ2n) is 35.9. The summed E-state index contributed by atoms with van der Waals surface area (Å²) in [6.07, 6.45) is 0. The summed E-state index contributed by atoms with van der Waals surface area (Å²) in [6, 6.07) is 199. The van der Waals surface area contributed by atoms with Crippen molar-refractivity contribution in [1.82, 2.24) is 0 Å². The van der Waals surface area contributed by atoms with Crippen molar-refractivity contribution in [3.63, 3.8) is 0 Å². The Hall–Kier alpha value is -18.0. The highest BCUT2D eigenvalue weighted by atomic mass is 16.3. The molecule has 0 saturated carbocycles. The summed E-state index contributed by atoms with van der Waals surface area (Å²) < 4.78 is 12.6. The van der Waals surface area contributed by atoms with Gasteiger partial charge in [-0.05, 0) is 230 Å². The van der Waals surface area contributed by atoms with Crippen LogP contribution in [0.5, 0.6) is 0 Å². The first-order chi connectivity index (χ1) is 68.5. The number of hydrogen-bond donors (Lipinski definition) is 0. The van der Waals surface area contributed by atoms with E-state index in [0.29, 0.717) is 0 Å². The van der Waals surface area contributed by atoms with Crippen molar-refractivity contribution in [3.8, 4) is 111 Å². The fourth-order valence-corrected chi connectivity index (χ4v) is 22.2. The molecule has 0 bridgehead atoms. The first kappa shape index (κ1) is 82.0. The maximum atomic E-state index is 6.32. The van der Waals surface area contributed by atoms with Crippen LogP contribution in [0.1, 0.15) is 44.5 Å². The topological polar surface area (TPSA) is 32.8 Å². The van der Waals surface area contributed by atoms with Gasteiger partial charge in [0, 0.05) is 55.3 Å². The molecule has 24 aromatic rings. The SMILES string of the molecule is c1ccc(-c2ccc(-c3cccc(N(c4cccc(-c5cccc6c5-c5ccccc5C6(c5ccccc5)c5ccccc5)c4)c4ccccc4-c4ccc5oc6ccccc6c5c4)c3)cc2)cc1.c1ccc(-c2ccc(-c3ccccc3N(c3cccc(-c4cccc5c4-c4ccccc4C5(c4ccccc4)c4ccccc4)c3)c3ccccc3-c3ccc4oc5ccccc5c4c3)cc2)cc1. The highest BCUT2D eigenvalue weighted by Gasteiger charge is 2.49. The average molecular weight is 1760 g/mol. The van der Waals surface area contributed by atoms with Crippen LogP contribution in [0, 0.1) is 0 Å². The summed E-state index contributed by atoms with van der Waals surface area (Å²) in [4.78, 5) is 4.90. The molecular weight excluding hydrogens is 1670 g/mol. The lowest BCUT2D eigenvalue weighted by Gasteiger charge is -2.34. The molecule has 2 aromatic heterocycles. The van der Waals surface area contributed by atoms with Gasteiger partial charge in [0.1, 0.15) is 22.3 Å². The molecule has 4 nitrogen and oxygen atoms in total. The number of anilines is 6. The predicted molar refractivity (Wildman–Crippen MR) is 575 cm³/mol. The fourth-order valence-electron chi connectivity index (χ4n) is 22.2. The Labute approximate surface area is 803 Å². The zero-order valence-corrected chi connectivity index (χ0v) is 75.7. The Kier molecular flexibility index (Phi) is 20.7. The molecule has 4 heteroatoms. The van der Waals surface area contributed by atoms with E-state index in [9.17, 15) is 0 Å². The number of para-hydroxylation sites is 5. The first-order valence-corrected chi connectivity index (χ1v) is 47.5. The normalized spacial score (nSPS) is 12.5. The molecule has 26 rings (SSSR count). The van der Waals surface area contributed by atoms with E-state index in [1.165, 1.54) is 100 Å². The molecule has 648 valence electrons. The lowest BCUT2D eigenvalue weighted by Crippen LogP contribution is -2.28. The van der Waals surface area contributed by atoms with E-state index in [4.69, 9.17) is 8.83 Å². The highest BCUT2D eigenvalue weighted by molar-refractivity contribution is 6.10. The predicted octanol–water partition coefficient (Wildman–Crippen LogP) is 36.2. The second-order valence-corrected chi connectivity index (χ2v) is 35.9. The van der Waals surface area contributed by atoms with Crippen LogP contribution in [0.25, 0.3) is 155 Å². The van der Waals surface area contributed by atoms with Crippen LogP contribution in [0.3, 0.4) is 0 Å². The van der Waals surface area contributed by atoms with Crippen LogP contribution in [-0.2, 0) is 10.8 Å². The quantitative estimate of drug-likeness (QED) is 0.0857. The minimum atomic E-state index is -0.497. The largest absolute Gasteiger partial charge is 0.456 e. The summed E-state index contributed by atoms with van der Waals surface area (Å²) >= 11 is 0. The molecule has 0 spiro atoms. The zero-order chi connectivity index (χ0) is 91.5. The molecular formula is C134H90N2O2. The van der Waals surface area contributed by atoms with Gasteiger partial charge in [0.15, 0.2) is 0 Å². The molecule has 0 N–H and O–H groups in total. The average Bonchev–Trinajstić information content (AvgIpc) is 1.53. The van der Waals surface area contributed by atoms with E-state index in [1.54, 1.807) is 0 Å². The summed E-state index contributed by atoms with van der Waals surface area (Å²) in [5.74, 6) is 0. The van der Waals surface area contributed by atoms with Gasteiger partial charge in [-0.3, -0.25) is 0 Å². The Morgan fingerprint density at radius 1 is 0.145 bits per heavy atom. The first-order valence-electron chi connectivity index (χ1n) is 47.5. The number of hydrogen-bond acceptors (Lipinski definition) is 4. The number of benzene rings is 22. The molecule has 0 fully saturated rings. The molecule has 0 saturated heterocycles. The Bertz CT molecular complexity index is 8600. The molecule has 0 aliphatic heterocycles. The number of fused-ring (bicyclic) bond motifs is 12. The molecule has 2 aliphatic carbocycles. The summed E-state index contributed by atoms with van der Waals surface area (Å²) in [5.41, 5.74) is 42.8. The van der Waals surface area contributed by atoms with Crippen LogP contribution in [0.4, 0.5) is 34.1 Å². The number of rotatable bonds is 18. The van der Waals surface area contributed by atoms with Crippen LogP contribution in [0.2, 0.25) is 0 Å². The summed E-state index contributed by atoms with van der Waals surface area (Å²) in [5, 5.41) is 4.43. The van der Waals surface area contributed by atoms with Gasteiger partial charge in [-0.15, -0.1) is 0 Å². The Morgan fingerprint density at radius 3 is 0.812 bits per heavy atom. The van der Waals surface area contributed by atoms with Gasteiger partial charge in [0.05, 0.1) is 27.9 Å². The van der Waals surface area contributed by atoms with Gasteiger partial charge >= 0.3 is 0 Å². The maximum Gasteiger partial charge on any atom is 0.135 e. The molecule has 0 radical (unpaired) electrons. The maximum absolute atomic E-state index is 6.32. The monoisotopic (exact) mass is 1760 g/mol. The molecule has 0 amide bonds. The van der Waals surface area contributed by atoms with Gasteiger partial charge in [-0.25, -0.2) is 0 Å². The van der Waals surface area contributed by atoms with Crippen molar-refractivity contribution in [2.24, 2.45) is 0 Å². The van der Waals surface area contributed by atoms with E-state index in [2.05, 4.69) is 532 Å². The molecule has 2 heterocycles. The van der Waals surface area contributed by atoms with Gasteiger partial charge in [0.2, 0.25) is 0 Å². The molecule has 0 atom stereocenters. The molecule has 22 aromatic carbocycles. The van der Waals surface area contributed by atoms with E-state index < -0.39 is 10.8 Å². The Balaban J connectivity index is 0.000000146. The third-order valence-corrected chi connectivity index (χ3v) is 28.3. The third-order valence-electron chi connectivity index (χ3n) is 28.3. The van der Waals surface area contributed by atoms with Gasteiger partial charge in [-0.1, -0.05) is 455 Å². The third kappa shape index (κ3) is 14.1. The van der Waals surface area contributed by atoms with Crippen molar-refractivity contribution >= 4 is 78.0 Å². The molecule has 0 unspecified atom stereocenters. The van der Waals surface area contributed by atoms with Crippen LogP contribution < -0.4 is 9.80 Å². The van der Waals surface area contributed by atoms with Gasteiger partial charge in [0.25, 0.3) is 0 Å². The molecule has 2 aliphatic rings. The molecule has 138 heavy (non-hydrogen) atoms. The van der Waals surface area contributed by atoms with Gasteiger partial charge < -0.3 is 18.6 Å². The van der Waals surface area contributed by atoms with Gasteiger partial charge in [-0.2, -0.15) is 0 Å². The zero-order valence-electron chi connectivity index (χ0n) is 75.7. The lowest BCUT2D eigenvalue weighted by molar-refractivity contribution is 0.668. The van der Waals surface area contributed by atoms with Crippen LogP contribution in [0.15, 0.2) is 555 Å². The van der Waals surface area contributed by atoms with E-state index in [-0.39, 0.29) is 0 Å². The van der Waals surface area contributed by atoms with Crippen molar-refractivity contribution in [2.75, 3.05) is 9.80 Å². The second kappa shape index (κ2) is 34.9. The number of nitrogens with zero attached hydrogens (tertiary/aromatic N) is 2. The van der Waals surface area contributed by atoms with Crippen LogP contribution >= 0.6 is 0 Å².